The van der Waals surface area contributed by atoms with Crippen molar-refractivity contribution in [2.24, 2.45) is 5.92 Å². The fourth-order valence-electron chi connectivity index (χ4n) is 2.73. The van der Waals surface area contributed by atoms with Gasteiger partial charge in [-0.25, -0.2) is 0 Å². The first-order valence-electron chi connectivity index (χ1n) is 8.91. The van der Waals surface area contributed by atoms with E-state index in [0.717, 1.165) is 11.8 Å². The van der Waals surface area contributed by atoms with Crippen LogP contribution in [0.25, 0.3) is 0 Å². The summed E-state index contributed by atoms with van der Waals surface area (Å²) >= 11 is 6.09. The van der Waals surface area contributed by atoms with Crippen molar-refractivity contribution in [3.63, 3.8) is 0 Å². The van der Waals surface area contributed by atoms with Crippen molar-refractivity contribution in [2.45, 2.75) is 104 Å². The van der Waals surface area contributed by atoms with Crippen LogP contribution in [0.5, 0.6) is 0 Å². The molecule has 0 N–H and O–H groups in total. The van der Waals surface area contributed by atoms with E-state index >= 15 is 0 Å². The van der Waals surface area contributed by atoms with Gasteiger partial charge in [-0.2, -0.15) is 0 Å². The molecule has 0 aliphatic heterocycles. The van der Waals surface area contributed by atoms with Gasteiger partial charge in [-0.05, 0) is 18.8 Å². The highest BCUT2D eigenvalue weighted by molar-refractivity contribution is 6.18. The largest absolute Gasteiger partial charge is 0.126 e. The Morgan fingerprint density at radius 3 is 1.32 bits per heavy atom. The molecular formula is C18H37Cl. The molecule has 0 rings (SSSR count). The van der Waals surface area contributed by atoms with E-state index in [1.807, 2.05) is 0 Å². The summed E-state index contributed by atoms with van der Waals surface area (Å²) in [5.41, 5.74) is 0. The van der Waals surface area contributed by atoms with Crippen LogP contribution in [0.15, 0.2) is 0 Å². The number of hydrogen-bond acceptors (Lipinski definition) is 0. The van der Waals surface area contributed by atoms with Gasteiger partial charge in [0.25, 0.3) is 0 Å². The van der Waals surface area contributed by atoms with Crippen molar-refractivity contribution in [3.8, 4) is 0 Å². The molecule has 0 saturated heterocycles. The molecular weight excluding hydrogens is 252 g/mol. The summed E-state index contributed by atoms with van der Waals surface area (Å²) in [6, 6.07) is 0. The van der Waals surface area contributed by atoms with Crippen molar-refractivity contribution < 1.29 is 0 Å². The standard InChI is InChI=1S/C18H37Cl/c1-3-5-7-9-10-12-14-16-18(17-19)15-13-11-8-6-4-2/h18H,3-17H2,1-2H3. The summed E-state index contributed by atoms with van der Waals surface area (Å²) in [6.45, 7) is 4.56. The molecule has 0 aliphatic carbocycles. The molecule has 0 radical (unpaired) electrons. The van der Waals surface area contributed by atoms with E-state index in [9.17, 15) is 0 Å². The molecule has 0 aromatic carbocycles. The van der Waals surface area contributed by atoms with Crippen molar-refractivity contribution in [3.05, 3.63) is 0 Å². The molecule has 0 bridgehead atoms. The fraction of sp³-hybridized carbons (Fsp3) is 1.00. The smallest absolute Gasteiger partial charge is 0.0251 e. The second-order valence-electron chi connectivity index (χ2n) is 6.13. The molecule has 1 atom stereocenters. The number of hydrogen-bond donors (Lipinski definition) is 0. The first-order chi connectivity index (χ1) is 9.35. The quantitative estimate of drug-likeness (QED) is 0.218. The van der Waals surface area contributed by atoms with E-state index in [0.29, 0.717) is 0 Å². The Labute approximate surface area is 127 Å². The average molecular weight is 289 g/mol. The maximum absolute atomic E-state index is 6.09. The first-order valence-corrected chi connectivity index (χ1v) is 9.44. The van der Waals surface area contributed by atoms with Crippen molar-refractivity contribution >= 4 is 11.6 Å². The second kappa shape index (κ2) is 16.3. The first kappa shape index (κ1) is 19.3. The lowest BCUT2D eigenvalue weighted by atomic mass is 9.96. The molecule has 0 aliphatic rings. The van der Waals surface area contributed by atoms with Crippen LogP contribution in [0.1, 0.15) is 104 Å². The Bertz CT molecular complexity index is 156. The summed E-state index contributed by atoms with van der Waals surface area (Å²) in [5, 5.41) is 0. The molecule has 116 valence electrons. The van der Waals surface area contributed by atoms with E-state index in [-0.39, 0.29) is 0 Å². The van der Waals surface area contributed by atoms with Crippen LogP contribution in [-0.2, 0) is 0 Å². The third-order valence-corrected chi connectivity index (χ3v) is 4.59. The van der Waals surface area contributed by atoms with Gasteiger partial charge in [-0.1, -0.05) is 90.9 Å². The molecule has 0 fully saturated rings. The monoisotopic (exact) mass is 288 g/mol. The summed E-state index contributed by atoms with van der Waals surface area (Å²) < 4.78 is 0. The third-order valence-electron chi connectivity index (χ3n) is 4.15. The highest BCUT2D eigenvalue weighted by Gasteiger charge is 2.06. The molecule has 0 saturated carbocycles. The second-order valence-corrected chi connectivity index (χ2v) is 6.44. The predicted molar refractivity (Wildman–Crippen MR) is 90.2 cm³/mol. The van der Waals surface area contributed by atoms with Crippen molar-refractivity contribution in [2.75, 3.05) is 5.88 Å². The zero-order valence-corrected chi connectivity index (χ0v) is 14.3. The van der Waals surface area contributed by atoms with Crippen LogP contribution in [0.4, 0.5) is 0 Å². The molecule has 0 heterocycles. The van der Waals surface area contributed by atoms with Crippen LogP contribution in [0.2, 0.25) is 0 Å². The third kappa shape index (κ3) is 14.5. The molecule has 0 aromatic rings. The lowest BCUT2D eigenvalue weighted by molar-refractivity contribution is 0.436. The van der Waals surface area contributed by atoms with Crippen LogP contribution in [0.3, 0.4) is 0 Å². The number of unbranched alkanes of at least 4 members (excludes halogenated alkanes) is 10. The van der Waals surface area contributed by atoms with E-state index in [2.05, 4.69) is 13.8 Å². The zero-order valence-electron chi connectivity index (χ0n) is 13.6. The highest BCUT2D eigenvalue weighted by atomic mass is 35.5. The van der Waals surface area contributed by atoms with Gasteiger partial charge in [0, 0.05) is 5.88 Å². The minimum absolute atomic E-state index is 0.791. The molecule has 0 spiro atoms. The molecule has 1 unspecified atom stereocenters. The minimum atomic E-state index is 0.791. The van der Waals surface area contributed by atoms with Gasteiger partial charge in [0.2, 0.25) is 0 Å². The average Bonchev–Trinajstić information content (AvgIpc) is 2.44. The topological polar surface area (TPSA) is 0 Å². The Hall–Kier alpha value is 0.290. The van der Waals surface area contributed by atoms with Gasteiger partial charge >= 0.3 is 0 Å². The van der Waals surface area contributed by atoms with Crippen molar-refractivity contribution in [1.82, 2.24) is 0 Å². The van der Waals surface area contributed by atoms with Gasteiger partial charge in [0.15, 0.2) is 0 Å². The van der Waals surface area contributed by atoms with Gasteiger partial charge in [0.05, 0.1) is 0 Å². The van der Waals surface area contributed by atoms with E-state index in [1.54, 1.807) is 0 Å². The lowest BCUT2D eigenvalue weighted by Crippen LogP contribution is -2.02. The molecule has 1 heteroatoms. The van der Waals surface area contributed by atoms with Gasteiger partial charge in [-0.3, -0.25) is 0 Å². The van der Waals surface area contributed by atoms with Crippen LogP contribution in [-0.4, -0.2) is 5.88 Å². The molecule has 0 amide bonds. The Morgan fingerprint density at radius 1 is 0.579 bits per heavy atom. The fourth-order valence-corrected chi connectivity index (χ4v) is 3.03. The normalized spacial score (nSPS) is 12.8. The highest BCUT2D eigenvalue weighted by Crippen LogP contribution is 2.20. The minimum Gasteiger partial charge on any atom is -0.126 e. The Kier molecular flexibility index (Phi) is 16.6. The summed E-state index contributed by atoms with van der Waals surface area (Å²) in [7, 11) is 0. The van der Waals surface area contributed by atoms with Crippen LogP contribution in [0, 0.1) is 5.92 Å². The van der Waals surface area contributed by atoms with E-state index in [4.69, 9.17) is 11.6 Å². The zero-order chi connectivity index (χ0) is 14.2. The summed E-state index contributed by atoms with van der Waals surface area (Å²) in [6.07, 6.45) is 19.6. The maximum atomic E-state index is 6.09. The molecule has 0 aromatic heterocycles. The molecule has 19 heavy (non-hydrogen) atoms. The van der Waals surface area contributed by atoms with Crippen LogP contribution < -0.4 is 0 Å². The summed E-state index contributed by atoms with van der Waals surface area (Å²) in [4.78, 5) is 0. The number of halogens is 1. The SMILES string of the molecule is CCCCCCCCCC(CCl)CCCCCCC. The van der Waals surface area contributed by atoms with Crippen molar-refractivity contribution in [1.29, 1.82) is 0 Å². The Morgan fingerprint density at radius 2 is 0.947 bits per heavy atom. The van der Waals surface area contributed by atoms with Crippen LogP contribution >= 0.6 is 11.6 Å². The Balaban J connectivity index is 3.29. The number of alkyl halides is 1. The molecule has 0 nitrogen and oxygen atoms in total. The maximum Gasteiger partial charge on any atom is 0.0251 e. The summed E-state index contributed by atoms with van der Waals surface area (Å²) in [5.74, 6) is 1.67. The number of rotatable bonds is 15. The van der Waals surface area contributed by atoms with Gasteiger partial charge < -0.3 is 0 Å². The van der Waals surface area contributed by atoms with E-state index in [1.165, 1.54) is 89.9 Å². The van der Waals surface area contributed by atoms with Gasteiger partial charge in [0.1, 0.15) is 0 Å². The van der Waals surface area contributed by atoms with E-state index < -0.39 is 0 Å². The van der Waals surface area contributed by atoms with Gasteiger partial charge in [-0.15, -0.1) is 11.6 Å². The lowest BCUT2D eigenvalue weighted by Gasteiger charge is -2.13. The predicted octanol–water partition coefficient (Wildman–Crippen LogP) is 7.34.